The molecule has 41 heavy (non-hydrogen) atoms. The second kappa shape index (κ2) is 13.6. The first-order valence-corrected chi connectivity index (χ1v) is 16.1. The van der Waals surface area contributed by atoms with Crippen molar-refractivity contribution < 1.29 is 9.53 Å². The number of benzene rings is 3. The molecule has 0 unspecified atom stereocenters. The van der Waals surface area contributed by atoms with Crippen molar-refractivity contribution in [1.82, 2.24) is 0 Å². The van der Waals surface area contributed by atoms with Gasteiger partial charge in [-0.15, -0.1) is 11.3 Å². The molecule has 0 fully saturated rings. The normalized spacial score (nSPS) is 13.5. The summed E-state index contributed by atoms with van der Waals surface area (Å²) < 4.78 is 7.07. The van der Waals surface area contributed by atoms with Crippen molar-refractivity contribution in [1.29, 1.82) is 0 Å². The Morgan fingerprint density at radius 3 is 2.63 bits per heavy atom. The van der Waals surface area contributed by atoms with Crippen molar-refractivity contribution in [2.75, 3.05) is 5.32 Å². The molecule has 0 saturated carbocycles. The Morgan fingerprint density at radius 2 is 1.83 bits per heavy atom. The third-order valence-electron chi connectivity index (χ3n) is 7.21. The standard InChI is InChI=1S/C33H31BrCl2N2O2S/c1-20-9-10-21(2)28(15-20)38-32(39)31-26-7-5-3-4-6-8-30(26)41-33(31)37-18-23-16-24(34)12-14-29(23)40-19-22-11-13-25(35)17-27(22)36/h9-18H,3-8,19H2,1-2H3,(H,38,39). The molecule has 0 bridgehead atoms. The fourth-order valence-corrected chi connectivity index (χ4v) is 7.03. The van der Waals surface area contributed by atoms with Crippen molar-refractivity contribution in [3.63, 3.8) is 0 Å². The van der Waals surface area contributed by atoms with Crippen LogP contribution in [0.4, 0.5) is 10.7 Å². The molecule has 5 rings (SSSR count). The zero-order valence-corrected chi connectivity index (χ0v) is 26.9. The van der Waals surface area contributed by atoms with Crippen LogP contribution >= 0.6 is 50.5 Å². The van der Waals surface area contributed by atoms with Crippen molar-refractivity contribution >= 4 is 73.3 Å². The maximum Gasteiger partial charge on any atom is 0.259 e. The van der Waals surface area contributed by atoms with E-state index in [1.807, 2.05) is 50.2 Å². The molecule has 0 aliphatic heterocycles. The molecule has 1 N–H and O–H groups in total. The first-order valence-electron chi connectivity index (χ1n) is 13.7. The Bertz CT molecular complexity index is 1620. The molecule has 3 aromatic carbocycles. The highest BCUT2D eigenvalue weighted by Gasteiger charge is 2.24. The maximum atomic E-state index is 13.8. The number of ether oxygens (including phenoxy) is 1. The molecule has 0 saturated heterocycles. The second-order valence-corrected chi connectivity index (χ2v) is 13.2. The van der Waals surface area contributed by atoms with Crippen molar-refractivity contribution in [2.24, 2.45) is 4.99 Å². The summed E-state index contributed by atoms with van der Waals surface area (Å²) in [7, 11) is 0. The second-order valence-electron chi connectivity index (χ2n) is 10.3. The third-order valence-corrected chi connectivity index (χ3v) is 9.49. The number of carbonyl (C=O) groups excluding carboxylic acids is 1. The molecule has 1 aliphatic carbocycles. The Balaban J connectivity index is 1.48. The van der Waals surface area contributed by atoms with Gasteiger partial charge in [0.15, 0.2) is 0 Å². The predicted molar refractivity (Wildman–Crippen MR) is 176 cm³/mol. The van der Waals surface area contributed by atoms with Gasteiger partial charge in [-0.05, 0) is 92.6 Å². The van der Waals surface area contributed by atoms with Gasteiger partial charge in [-0.2, -0.15) is 0 Å². The van der Waals surface area contributed by atoms with E-state index < -0.39 is 0 Å². The largest absolute Gasteiger partial charge is 0.488 e. The summed E-state index contributed by atoms with van der Waals surface area (Å²) in [5.74, 6) is 0.561. The van der Waals surface area contributed by atoms with Gasteiger partial charge in [-0.3, -0.25) is 4.79 Å². The third kappa shape index (κ3) is 7.42. The van der Waals surface area contributed by atoms with Gasteiger partial charge in [0, 0.05) is 42.4 Å². The van der Waals surface area contributed by atoms with Crippen LogP contribution in [0.5, 0.6) is 5.75 Å². The van der Waals surface area contributed by atoms with Crippen molar-refractivity contribution in [3.8, 4) is 5.75 Å². The summed E-state index contributed by atoms with van der Waals surface area (Å²) in [4.78, 5) is 20.0. The van der Waals surface area contributed by atoms with E-state index in [0.29, 0.717) is 21.4 Å². The number of anilines is 1. The number of hydrogen-bond acceptors (Lipinski definition) is 4. The summed E-state index contributed by atoms with van der Waals surface area (Å²) >= 11 is 17.6. The van der Waals surface area contributed by atoms with Crippen LogP contribution in [0.25, 0.3) is 0 Å². The summed E-state index contributed by atoms with van der Waals surface area (Å²) in [6, 6.07) is 17.3. The fraction of sp³-hybridized carbons (Fsp3) is 0.273. The number of halogens is 3. The van der Waals surface area contributed by atoms with E-state index in [0.717, 1.165) is 68.7 Å². The van der Waals surface area contributed by atoms with Crippen LogP contribution in [-0.2, 0) is 19.4 Å². The van der Waals surface area contributed by atoms with Crippen LogP contribution in [-0.4, -0.2) is 12.1 Å². The number of fused-ring (bicyclic) bond motifs is 1. The van der Waals surface area contributed by atoms with E-state index in [1.165, 1.54) is 17.7 Å². The van der Waals surface area contributed by atoms with Crippen molar-refractivity contribution in [3.05, 3.63) is 107 Å². The quantitative estimate of drug-likeness (QED) is 0.199. The monoisotopic (exact) mass is 668 g/mol. The molecule has 8 heteroatoms. The average Bonchev–Trinajstić information content (AvgIpc) is 3.26. The molecule has 1 heterocycles. The molecule has 4 nitrogen and oxygen atoms in total. The molecule has 212 valence electrons. The molecule has 1 aromatic heterocycles. The van der Waals surface area contributed by atoms with Crippen LogP contribution in [0.1, 0.15) is 68.7 Å². The number of amides is 1. The predicted octanol–water partition coefficient (Wildman–Crippen LogP) is 10.7. The van der Waals surface area contributed by atoms with Gasteiger partial charge >= 0.3 is 0 Å². The highest BCUT2D eigenvalue weighted by Crippen LogP contribution is 2.40. The number of nitrogens with zero attached hydrogens (tertiary/aromatic N) is 1. The molecular weight excluding hydrogens is 639 g/mol. The molecule has 0 radical (unpaired) electrons. The lowest BCUT2D eigenvalue weighted by molar-refractivity contribution is 0.102. The summed E-state index contributed by atoms with van der Waals surface area (Å²) in [6.07, 6.45) is 8.27. The molecular formula is C33H31BrCl2N2O2S. The van der Waals surface area contributed by atoms with Crippen LogP contribution in [0.3, 0.4) is 0 Å². The minimum Gasteiger partial charge on any atom is -0.488 e. The number of nitrogens with one attached hydrogen (secondary N) is 1. The van der Waals surface area contributed by atoms with E-state index >= 15 is 0 Å². The smallest absolute Gasteiger partial charge is 0.259 e. The van der Waals surface area contributed by atoms with E-state index in [9.17, 15) is 4.79 Å². The Hall–Kier alpha value is -2.64. The summed E-state index contributed by atoms with van der Waals surface area (Å²) in [6.45, 7) is 4.33. The molecule has 0 atom stereocenters. The zero-order chi connectivity index (χ0) is 28.9. The minimum absolute atomic E-state index is 0.105. The minimum atomic E-state index is -0.105. The van der Waals surface area contributed by atoms with E-state index in [-0.39, 0.29) is 12.5 Å². The topological polar surface area (TPSA) is 50.7 Å². The lowest BCUT2D eigenvalue weighted by Gasteiger charge is -2.13. The lowest BCUT2D eigenvalue weighted by atomic mass is 9.96. The zero-order valence-electron chi connectivity index (χ0n) is 23.0. The van der Waals surface area contributed by atoms with E-state index in [4.69, 9.17) is 32.9 Å². The number of aliphatic imine (C=N–C) groups is 1. The number of thiophene rings is 1. The molecule has 1 amide bonds. The van der Waals surface area contributed by atoms with Gasteiger partial charge in [0.25, 0.3) is 5.91 Å². The Morgan fingerprint density at radius 1 is 1.02 bits per heavy atom. The Labute approximate surface area is 263 Å². The van der Waals surface area contributed by atoms with Crippen molar-refractivity contribution in [2.45, 2.75) is 59.0 Å². The fourth-order valence-electron chi connectivity index (χ4n) is 4.96. The summed E-state index contributed by atoms with van der Waals surface area (Å²) in [5, 5.41) is 5.05. The summed E-state index contributed by atoms with van der Waals surface area (Å²) in [5.41, 5.74) is 6.44. The van der Waals surface area contributed by atoms with Crippen LogP contribution < -0.4 is 10.1 Å². The van der Waals surface area contributed by atoms with E-state index in [2.05, 4.69) is 27.3 Å². The van der Waals surface area contributed by atoms with E-state index in [1.54, 1.807) is 29.7 Å². The van der Waals surface area contributed by atoms with Gasteiger partial charge < -0.3 is 10.1 Å². The highest BCUT2D eigenvalue weighted by atomic mass is 79.9. The first kappa shape index (κ1) is 29.8. The molecule has 1 aliphatic rings. The van der Waals surface area contributed by atoms with Crippen LogP contribution in [0.2, 0.25) is 10.0 Å². The number of hydrogen-bond donors (Lipinski definition) is 1. The Kier molecular flexibility index (Phi) is 9.87. The van der Waals surface area contributed by atoms with Gasteiger partial charge in [-0.25, -0.2) is 4.99 Å². The van der Waals surface area contributed by atoms with Gasteiger partial charge in [-0.1, -0.05) is 70.2 Å². The SMILES string of the molecule is Cc1ccc(C)c(NC(=O)c2c(N=Cc3cc(Br)ccc3OCc3ccc(Cl)cc3Cl)sc3c2CCCCCC3)c1. The number of aryl methyl sites for hydroxylation is 3. The molecule has 0 spiro atoms. The van der Waals surface area contributed by atoms with Gasteiger partial charge in [0.2, 0.25) is 0 Å². The average molecular weight is 670 g/mol. The number of rotatable bonds is 7. The first-order chi connectivity index (χ1) is 19.8. The van der Waals surface area contributed by atoms with Crippen LogP contribution in [0.15, 0.2) is 64.1 Å². The van der Waals surface area contributed by atoms with Gasteiger partial charge in [0.1, 0.15) is 17.4 Å². The molecule has 4 aromatic rings. The van der Waals surface area contributed by atoms with Gasteiger partial charge in [0.05, 0.1) is 5.56 Å². The highest BCUT2D eigenvalue weighted by molar-refractivity contribution is 9.10. The van der Waals surface area contributed by atoms with Crippen LogP contribution in [0, 0.1) is 13.8 Å². The lowest BCUT2D eigenvalue weighted by Crippen LogP contribution is -2.15. The maximum absolute atomic E-state index is 13.8. The number of carbonyl (C=O) groups is 1.